The van der Waals surface area contributed by atoms with Gasteiger partial charge >= 0.3 is 6.03 Å². The molecule has 0 unspecified atom stereocenters. The van der Waals surface area contributed by atoms with Crippen LogP contribution in [0.3, 0.4) is 0 Å². The molecule has 8 heteroatoms. The third-order valence-corrected chi connectivity index (χ3v) is 6.49. The van der Waals surface area contributed by atoms with Gasteiger partial charge in [-0.1, -0.05) is 60.7 Å². The SMILES string of the molecule is CN1C(=O)N[C@@H](c2ccccc2)C2=C1CN([C@@H](Cc1ccccc1)C(=O)NCc1ccco1)C2=O. The molecule has 0 fully saturated rings. The van der Waals surface area contributed by atoms with Gasteiger partial charge in [0.2, 0.25) is 5.91 Å². The molecule has 3 heterocycles. The van der Waals surface area contributed by atoms with Gasteiger partial charge in [0.1, 0.15) is 11.8 Å². The highest BCUT2D eigenvalue weighted by Crippen LogP contribution is 2.36. The van der Waals surface area contributed by atoms with Crippen LogP contribution in [0.1, 0.15) is 22.9 Å². The van der Waals surface area contributed by atoms with E-state index in [9.17, 15) is 14.4 Å². The number of amides is 4. The van der Waals surface area contributed by atoms with Gasteiger partial charge in [-0.2, -0.15) is 0 Å². The highest BCUT2D eigenvalue weighted by atomic mass is 16.3. The van der Waals surface area contributed by atoms with E-state index in [0.29, 0.717) is 23.5 Å². The highest BCUT2D eigenvalue weighted by Gasteiger charge is 2.46. The fourth-order valence-corrected chi connectivity index (χ4v) is 4.62. The van der Waals surface area contributed by atoms with Crippen molar-refractivity contribution in [1.29, 1.82) is 0 Å². The molecule has 8 nitrogen and oxygen atoms in total. The maximum atomic E-state index is 13.8. The molecule has 1 aromatic heterocycles. The first-order valence-electron chi connectivity index (χ1n) is 11.5. The third-order valence-electron chi connectivity index (χ3n) is 6.49. The Morgan fingerprint density at radius 3 is 2.46 bits per heavy atom. The van der Waals surface area contributed by atoms with Crippen LogP contribution in [0.2, 0.25) is 0 Å². The van der Waals surface area contributed by atoms with Crippen molar-refractivity contribution in [2.45, 2.75) is 25.0 Å². The number of hydrogen-bond donors (Lipinski definition) is 2. The van der Waals surface area contributed by atoms with E-state index in [1.54, 1.807) is 30.3 Å². The van der Waals surface area contributed by atoms with Crippen LogP contribution in [0.5, 0.6) is 0 Å². The lowest BCUT2D eigenvalue weighted by atomic mass is 9.95. The van der Waals surface area contributed by atoms with E-state index in [1.165, 1.54) is 4.90 Å². The highest BCUT2D eigenvalue weighted by molar-refractivity contribution is 6.03. The largest absolute Gasteiger partial charge is 0.467 e. The van der Waals surface area contributed by atoms with E-state index in [4.69, 9.17) is 4.42 Å². The number of nitrogens with one attached hydrogen (secondary N) is 2. The molecule has 0 saturated carbocycles. The molecule has 178 valence electrons. The van der Waals surface area contributed by atoms with Gasteiger partial charge < -0.3 is 20.0 Å². The summed E-state index contributed by atoms with van der Waals surface area (Å²) in [6.07, 6.45) is 1.90. The first-order valence-corrected chi connectivity index (χ1v) is 11.5. The van der Waals surface area contributed by atoms with Crippen molar-refractivity contribution in [3.05, 3.63) is 107 Å². The van der Waals surface area contributed by atoms with Gasteiger partial charge in [-0.25, -0.2) is 4.79 Å². The summed E-state index contributed by atoms with van der Waals surface area (Å²) in [6, 6.07) is 20.9. The minimum absolute atomic E-state index is 0.174. The van der Waals surface area contributed by atoms with Gasteiger partial charge in [-0.3, -0.25) is 14.5 Å². The van der Waals surface area contributed by atoms with E-state index in [0.717, 1.165) is 11.1 Å². The summed E-state index contributed by atoms with van der Waals surface area (Å²) in [6.45, 7) is 0.395. The molecule has 2 aromatic carbocycles. The number of nitrogens with zero attached hydrogens (tertiary/aromatic N) is 2. The molecular weight excluding hydrogens is 444 g/mol. The molecule has 5 rings (SSSR count). The van der Waals surface area contributed by atoms with Crippen LogP contribution in [0.4, 0.5) is 4.79 Å². The van der Waals surface area contributed by atoms with Gasteiger partial charge in [0.15, 0.2) is 0 Å². The Balaban J connectivity index is 1.45. The molecular formula is C27H26N4O4. The van der Waals surface area contributed by atoms with Crippen LogP contribution in [0.25, 0.3) is 0 Å². The van der Waals surface area contributed by atoms with Crippen LogP contribution in [0, 0.1) is 0 Å². The summed E-state index contributed by atoms with van der Waals surface area (Å²) in [5, 5.41) is 5.84. The Labute approximate surface area is 203 Å². The van der Waals surface area contributed by atoms with Crippen molar-refractivity contribution in [3.8, 4) is 0 Å². The van der Waals surface area contributed by atoms with E-state index in [2.05, 4.69) is 10.6 Å². The molecule has 0 spiro atoms. The lowest BCUT2D eigenvalue weighted by Crippen LogP contribution is -2.49. The minimum Gasteiger partial charge on any atom is -0.467 e. The first-order chi connectivity index (χ1) is 17.0. The zero-order chi connectivity index (χ0) is 24.4. The zero-order valence-electron chi connectivity index (χ0n) is 19.3. The van der Waals surface area contributed by atoms with E-state index in [1.807, 2.05) is 60.7 Å². The molecule has 0 saturated heterocycles. The van der Waals surface area contributed by atoms with Gasteiger partial charge in [0.05, 0.1) is 36.7 Å². The van der Waals surface area contributed by atoms with Crippen LogP contribution in [0.15, 0.2) is 94.7 Å². The molecule has 0 aliphatic carbocycles. The Morgan fingerprint density at radius 2 is 1.77 bits per heavy atom. The molecule has 2 aliphatic heterocycles. The Kier molecular flexibility index (Phi) is 6.10. The van der Waals surface area contributed by atoms with Gasteiger partial charge in [-0.15, -0.1) is 0 Å². The number of likely N-dealkylation sites (N-methyl/N-ethyl adjacent to an activating group) is 1. The maximum absolute atomic E-state index is 13.8. The molecule has 0 bridgehead atoms. The fraction of sp³-hybridized carbons (Fsp3) is 0.222. The van der Waals surface area contributed by atoms with Crippen molar-refractivity contribution in [2.75, 3.05) is 13.6 Å². The van der Waals surface area contributed by atoms with Crippen molar-refractivity contribution < 1.29 is 18.8 Å². The van der Waals surface area contributed by atoms with Crippen LogP contribution in [-0.2, 0) is 22.6 Å². The second-order valence-electron chi connectivity index (χ2n) is 8.65. The van der Waals surface area contributed by atoms with Crippen LogP contribution in [-0.4, -0.2) is 47.3 Å². The number of carbonyl (C=O) groups is 3. The Bertz CT molecular complexity index is 1250. The van der Waals surface area contributed by atoms with Gasteiger partial charge in [-0.05, 0) is 23.3 Å². The maximum Gasteiger partial charge on any atom is 0.322 e. The van der Waals surface area contributed by atoms with Crippen molar-refractivity contribution >= 4 is 17.8 Å². The van der Waals surface area contributed by atoms with Crippen molar-refractivity contribution in [2.24, 2.45) is 0 Å². The molecule has 2 atom stereocenters. The number of hydrogen-bond acceptors (Lipinski definition) is 4. The quantitative estimate of drug-likeness (QED) is 0.555. The summed E-state index contributed by atoms with van der Waals surface area (Å²) in [5.41, 5.74) is 2.86. The first kappa shape index (κ1) is 22.5. The number of benzene rings is 2. The van der Waals surface area contributed by atoms with Gasteiger partial charge in [0.25, 0.3) is 5.91 Å². The lowest BCUT2D eigenvalue weighted by Gasteiger charge is -2.31. The second-order valence-corrected chi connectivity index (χ2v) is 8.65. The van der Waals surface area contributed by atoms with E-state index >= 15 is 0 Å². The summed E-state index contributed by atoms with van der Waals surface area (Å²) in [7, 11) is 1.64. The molecule has 35 heavy (non-hydrogen) atoms. The average molecular weight is 471 g/mol. The number of furan rings is 1. The molecule has 4 amide bonds. The topological polar surface area (TPSA) is 94.9 Å². The summed E-state index contributed by atoms with van der Waals surface area (Å²) in [5.74, 6) is 0.0899. The third kappa shape index (κ3) is 4.42. The smallest absolute Gasteiger partial charge is 0.322 e. The molecule has 2 aliphatic rings. The molecule has 2 N–H and O–H groups in total. The Morgan fingerprint density at radius 1 is 1.06 bits per heavy atom. The second kappa shape index (κ2) is 9.50. The predicted octanol–water partition coefficient (Wildman–Crippen LogP) is 3.00. The Hall–Kier alpha value is -4.33. The summed E-state index contributed by atoms with van der Waals surface area (Å²) < 4.78 is 5.34. The van der Waals surface area contributed by atoms with Crippen molar-refractivity contribution in [3.63, 3.8) is 0 Å². The minimum atomic E-state index is -0.759. The normalized spacial score (nSPS) is 18.4. The summed E-state index contributed by atoms with van der Waals surface area (Å²) >= 11 is 0. The summed E-state index contributed by atoms with van der Waals surface area (Å²) in [4.78, 5) is 43.0. The average Bonchev–Trinajstić information content (AvgIpc) is 3.53. The van der Waals surface area contributed by atoms with Crippen molar-refractivity contribution in [1.82, 2.24) is 20.4 Å². The number of rotatable bonds is 7. The number of carbonyl (C=O) groups excluding carboxylic acids is 3. The van der Waals surface area contributed by atoms with E-state index in [-0.39, 0.29) is 30.9 Å². The zero-order valence-corrected chi connectivity index (χ0v) is 19.3. The van der Waals surface area contributed by atoms with Gasteiger partial charge in [0, 0.05) is 13.5 Å². The molecule has 0 radical (unpaired) electrons. The lowest BCUT2D eigenvalue weighted by molar-refractivity contribution is -0.136. The van der Waals surface area contributed by atoms with Crippen LogP contribution >= 0.6 is 0 Å². The van der Waals surface area contributed by atoms with Crippen LogP contribution < -0.4 is 10.6 Å². The standard InChI is InChI=1S/C27H26N4O4/c1-30-22-17-31(26(33)23(22)24(29-27(30)34)19-11-6-3-7-12-19)21(15-18-9-4-2-5-10-18)25(32)28-16-20-13-8-14-35-20/h2-14,21,24H,15-17H2,1H3,(H,28,32)(H,29,34)/t21-,24-/m0/s1. The predicted molar refractivity (Wildman–Crippen MR) is 129 cm³/mol. The van der Waals surface area contributed by atoms with E-state index < -0.39 is 12.1 Å². The monoisotopic (exact) mass is 470 g/mol. The fourth-order valence-electron chi connectivity index (χ4n) is 4.62. The molecule has 3 aromatic rings. The number of urea groups is 1.